The van der Waals surface area contributed by atoms with E-state index in [1.54, 1.807) is 18.2 Å². The number of amides is 1. The molecule has 6 heteroatoms. The van der Waals surface area contributed by atoms with Crippen molar-refractivity contribution in [1.29, 1.82) is 0 Å². The lowest BCUT2D eigenvalue weighted by Gasteiger charge is -2.06. The van der Waals surface area contributed by atoms with E-state index >= 15 is 0 Å². The Hall–Kier alpha value is -3.41. The van der Waals surface area contributed by atoms with E-state index in [1.165, 1.54) is 0 Å². The van der Waals surface area contributed by atoms with Crippen molar-refractivity contribution >= 4 is 23.4 Å². The number of benzene rings is 1. The zero-order valence-corrected chi connectivity index (χ0v) is 14.3. The van der Waals surface area contributed by atoms with Crippen molar-refractivity contribution in [2.24, 2.45) is 0 Å². The molecule has 26 heavy (non-hydrogen) atoms. The number of allylic oxidation sites excluding steroid dienone is 1. The van der Waals surface area contributed by atoms with Gasteiger partial charge in [0.25, 0.3) is 5.91 Å². The van der Waals surface area contributed by atoms with Gasteiger partial charge in [0.1, 0.15) is 11.4 Å². The number of nitrogens with zero attached hydrogens (tertiary/aromatic N) is 2. The topological polar surface area (TPSA) is 80.0 Å². The normalized spacial score (nSPS) is 12.5. The van der Waals surface area contributed by atoms with Gasteiger partial charge in [0.2, 0.25) is 5.89 Å². The fourth-order valence-electron chi connectivity index (χ4n) is 2.79. The number of anilines is 2. The minimum atomic E-state index is -0.278. The van der Waals surface area contributed by atoms with Gasteiger partial charge in [-0.3, -0.25) is 4.79 Å². The first-order valence-electron chi connectivity index (χ1n) is 8.46. The molecule has 0 atom stereocenters. The van der Waals surface area contributed by atoms with E-state index in [4.69, 9.17) is 4.42 Å². The van der Waals surface area contributed by atoms with Crippen molar-refractivity contribution in [3.05, 3.63) is 65.7 Å². The highest BCUT2D eigenvalue weighted by Crippen LogP contribution is 2.25. The van der Waals surface area contributed by atoms with E-state index < -0.39 is 0 Å². The molecule has 130 valence electrons. The third-order valence-corrected chi connectivity index (χ3v) is 4.18. The molecule has 0 saturated carbocycles. The Morgan fingerprint density at radius 3 is 2.65 bits per heavy atom. The fourth-order valence-corrected chi connectivity index (χ4v) is 2.79. The average Bonchev–Trinajstić information content (AvgIpc) is 3.13. The zero-order valence-electron chi connectivity index (χ0n) is 14.3. The number of aryl methyl sites for hydroxylation is 1. The first-order chi connectivity index (χ1) is 12.7. The maximum atomic E-state index is 12.5. The second kappa shape index (κ2) is 6.84. The predicted molar refractivity (Wildman–Crippen MR) is 101 cm³/mol. The summed E-state index contributed by atoms with van der Waals surface area (Å²) in [7, 11) is 1.85. The smallest absolute Gasteiger partial charge is 0.274 e. The molecular formula is C20H18N4O2. The van der Waals surface area contributed by atoms with Crippen LogP contribution < -0.4 is 10.6 Å². The Kier molecular flexibility index (Phi) is 4.23. The minimum Gasteiger partial charge on any atom is -0.435 e. The number of carbonyl (C=O) groups is 1. The van der Waals surface area contributed by atoms with E-state index in [-0.39, 0.29) is 5.91 Å². The minimum absolute atomic E-state index is 0.278. The quantitative estimate of drug-likeness (QED) is 0.747. The molecule has 0 fully saturated rings. The van der Waals surface area contributed by atoms with Crippen LogP contribution >= 0.6 is 0 Å². The molecule has 0 spiro atoms. The Labute approximate surface area is 151 Å². The van der Waals surface area contributed by atoms with Gasteiger partial charge in [-0.15, -0.1) is 0 Å². The molecule has 0 radical (unpaired) electrons. The number of oxazole rings is 1. The van der Waals surface area contributed by atoms with Gasteiger partial charge < -0.3 is 15.1 Å². The molecule has 4 rings (SSSR count). The van der Waals surface area contributed by atoms with E-state index in [0.29, 0.717) is 23.0 Å². The van der Waals surface area contributed by atoms with Crippen LogP contribution in [-0.4, -0.2) is 22.9 Å². The summed E-state index contributed by atoms with van der Waals surface area (Å²) in [5.74, 6) is 0.933. The Morgan fingerprint density at radius 2 is 1.88 bits per heavy atom. The molecular weight excluding hydrogens is 328 g/mol. The van der Waals surface area contributed by atoms with Crippen LogP contribution in [0.15, 0.2) is 53.0 Å². The molecule has 2 heterocycles. The summed E-state index contributed by atoms with van der Waals surface area (Å²) in [4.78, 5) is 21.4. The van der Waals surface area contributed by atoms with Gasteiger partial charge in [-0.1, -0.05) is 12.1 Å². The van der Waals surface area contributed by atoms with E-state index in [1.807, 2.05) is 37.4 Å². The lowest BCUT2D eigenvalue weighted by Crippen LogP contribution is -2.13. The number of carbonyl (C=O) groups excluding carboxylic acids is 1. The molecule has 0 saturated heterocycles. The lowest BCUT2D eigenvalue weighted by molar-refractivity contribution is 0.102. The van der Waals surface area contributed by atoms with Crippen LogP contribution in [-0.2, 0) is 6.42 Å². The van der Waals surface area contributed by atoms with Crippen LogP contribution in [0.5, 0.6) is 0 Å². The molecule has 0 bridgehead atoms. The van der Waals surface area contributed by atoms with E-state index in [2.05, 4.69) is 26.7 Å². The van der Waals surface area contributed by atoms with Crippen LogP contribution in [0.1, 0.15) is 28.4 Å². The first-order valence-corrected chi connectivity index (χ1v) is 8.46. The molecule has 6 nitrogen and oxygen atoms in total. The van der Waals surface area contributed by atoms with Crippen LogP contribution in [0.2, 0.25) is 0 Å². The number of fused-ring (bicyclic) bond motifs is 1. The van der Waals surface area contributed by atoms with Crippen molar-refractivity contribution in [2.75, 3.05) is 17.7 Å². The number of hydrogen-bond acceptors (Lipinski definition) is 5. The Bertz CT molecular complexity index is 974. The van der Waals surface area contributed by atoms with Crippen LogP contribution in [0.3, 0.4) is 0 Å². The molecule has 2 aromatic heterocycles. The Balaban J connectivity index is 1.55. The van der Waals surface area contributed by atoms with Gasteiger partial charge in [-0.25, -0.2) is 9.97 Å². The number of nitrogens with one attached hydrogen (secondary N) is 2. The highest BCUT2D eigenvalue weighted by molar-refractivity contribution is 6.03. The SMILES string of the molecule is CNc1ccc(NC(=O)c2cccc(-c3nc4c(o3)C=CCC4)n2)cc1. The van der Waals surface area contributed by atoms with Gasteiger partial charge in [0.05, 0.1) is 5.69 Å². The van der Waals surface area contributed by atoms with Gasteiger partial charge in [0.15, 0.2) is 5.76 Å². The van der Waals surface area contributed by atoms with Gasteiger partial charge in [0, 0.05) is 18.4 Å². The standard InChI is InChI=1S/C20H18N4O2/c1-21-13-9-11-14(12-10-13)22-19(25)16-6-4-7-17(23-16)20-24-15-5-2-3-8-18(15)26-20/h3-4,6-12,21H,2,5H2,1H3,(H,22,25). The third-order valence-electron chi connectivity index (χ3n) is 4.18. The van der Waals surface area contributed by atoms with E-state index in [0.717, 1.165) is 30.0 Å². The summed E-state index contributed by atoms with van der Waals surface area (Å²) in [6.07, 6.45) is 5.81. The number of pyridine rings is 1. The van der Waals surface area contributed by atoms with Crippen molar-refractivity contribution in [1.82, 2.24) is 9.97 Å². The third kappa shape index (κ3) is 3.21. The average molecular weight is 346 g/mol. The zero-order chi connectivity index (χ0) is 17.9. The number of rotatable bonds is 4. The van der Waals surface area contributed by atoms with E-state index in [9.17, 15) is 4.79 Å². The summed E-state index contributed by atoms with van der Waals surface area (Å²) >= 11 is 0. The second-order valence-electron chi connectivity index (χ2n) is 5.96. The fraction of sp³-hybridized carbons (Fsp3) is 0.150. The summed E-state index contributed by atoms with van der Waals surface area (Å²) in [6, 6.07) is 12.7. The summed E-state index contributed by atoms with van der Waals surface area (Å²) in [5.41, 5.74) is 3.48. The maximum absolute atomic E-state index is 12.5. The second-order valence-corrected chi connectivity index (χ2v) is 5.96. The highest BCUT2D eigenvalue weighted by Gasteiger charge is 2.17. The number of aromatic nitrogens is 2. The molecule has 1 aliphatic carbocycles. The molecule has 0 aliphatic heterocycles. The summed E-state index contributed by atoms with van der Waals surface area (Å²) in [6.45, 7) is 0. The first kappa shape index (κ1) is 16.1. The highest BCUT2D eigenvalue weighted by atomic mass is 16.4. The lowest BCUT2D eigenvalue weighted by atomic mass is 10.1. The van der Waals surface area contributed by atoms with Gasteiger partial charge in [-0.2, -0.15) is 0 Å². The molecule has 1 aromatic carbocycles. The largest absolute Gasteiger partial charge is 0.435 e. The van der Waals surface area contributed by atoms with Crippen molar-refractivity contribution in [2.45, 2.75) is 12.8 Å². The van der Waals surface area contributed by atoms with Crippen LogP contribution in [0.4, 0.5) is 11.4 Å². The molecule has 3 aromatic rings. The maximum Gasteiger partial charge on any atom is 0.274 e. The monoisotopic (exact) mass is 346 g/mol. The predicted octanol–water partition coefficient (Wildman–Crippen LogP) is 3.99. The van der Waals surface area contributed by atoms with Crippen molar-refractivity contribution in [3.63, 3.8) is 0 Å². The van der Waals surface area contributed by atoms with Crippen molar-refractivity contribution < 1.29 is 9.21 Å². The van der Waals surface area contributed by atoms with Gasteiger partial charge >= 0.3 is 0 Å². The summed E-state index contributed by atoms with van der Waals surface area (Å²) < 4.78 is 5.77. The molecule has 0 unspecified atom stereocenters. The molecule has 2 N–H and O–H groups in total. The van der Waals surface area contributed by atoms with Crippen LogP contribution in [0.25, 0.3) is 17.7 Å². The Morgan fingerprint density at radius 1 is 1.08 bits per heavy atom. The molecule has 1 aliphatic rings. The van der Waals surface area contributed by atoms with Crippen molar-refractivity contribution in [3.8, 4) is 11.6 Å². The van der Waals surface area contributed by atoms with Crippen LogP contribution in [0, 0.1) is 0 Å². The van der Waals surface area contributed by atoms with Gasteiger partial charge in [-0.05, 0) is 55.3 Å². The number of hydrogen-bond donors (Lipinski definition) is 2. The molecule has 1 amide bonds. The summed E-state index contributed by atoms with van der Waals surface area (Å²) in [5, 5.41) is 5.88.